The summed E-state index contributed by atoms with van der Waals surface area (Å²) in [5.74, 6) is 0. The van der Waals surface area contributed by atoms with Crippen LogP contribution in [0.5, 0.6) is 0 Å². The van der Waals surface area contributed by atoms with E-state index in [1.807, 2.05) is 19.9 Å². The first-order valence-electron chi connectivity index (χ1n) is 7.68. The van der Waals surface area contributed by atoms with Crippen molar-refractivity contribution < 1.29 is 14.5 Å². The average Bonchev–Trinajstić information content (AvgIpc) is 2.46. The SMILES string of the molecule is CC1CN(CC(C)(C)OC=O)CCN1c1ccccc1[N+](=O)[O-]. The van der Waals surface area contributed by atoms with E-state index >= 15 is 0 Å². The van der Waals surface area contributed by atoms with Crippen molar-refractivity contribution in [2.24, 2.45) is 0 Å². The zero-order chi connectivity index (χ0) is 17.0. The van der Waals surface area contributed by atoms with Gasteiger partial charge in [0.05, 0.1) is 4.92 Å². The van der Waals surface area contributed by atoms with Gasteiger partial charge in [-0.2, -0.15) is 0 Å². The van der Waals surface area contributed by atoms with Gasteiger partial charge in [-0.05, 0) is 26.8 Å². The van der Waals surface area contributed by atoms with Gasteiger partial charge >= 0.3 is 0 Å². The molecule has 1 heterocycles. The van der Waals surface area contributed by atoms with Crippen molar-refractivity contribution in [2.75, 3.05) is 31.1 Å². The molecule has 1 aliphatic rings. The van der Waals surface area contributed by atoms with Crippen LogP contribution in [0.3, 0.4) is 0 Å². The maximum absolute atomic E-state index is 11.2. The third-order valence-electron chi connectivity index (χ3n) is 4.07. The highest BCUT2D eigenvalue weighted by molar-refractivity contribution is 5.63. The molecular weight excluding hydrogens is 298 g/mol. The van der Waals surface area contributed by atoms with Gasteiger partial charge in [-0.1, -0.05) is 12.1 Å². The molecule has 126 valence electrons. The van der Waals surface area contributed by atoms with Gasteiger partial charge in [0.25, 0.3) is 12.2 Å². The zero-order valence-electron chi connectivity index (χ0n) is 13.8. The topological polar surface area (TPSA) is 75.9 Å². The van der Waals surface area contributed by atoms with E-state index in [4.69, 9.17) is 4.74 Å². The summed E-state index contributed by atoms with van der Waals surface area (Å²) in [5.41, 5.74) is 0.257. The Morgan fingerprint density at radius 2 is 2.09 bits per heavy atom. The lowest BCUT2D eigenvalue weighted by molar-refractivity contribution is -0.384. The second kappa shape index (κ2) is 6.95. The average molecular weight is 321 g/mol. The predicted octanol–water partition coefficient (Wildman–Crippen LogP) is 2.06. The molecule has 2 rings (SSSR count). The summed E-state index contributed by atoms with van der Waals surface area (Å²) in [4.78, 5) is 25.7. The maximum atomic E-state index is 11.2. The number of carbonyl (C=O) groups is 1. The Labute approximate surface area is 136 Å². The molecule has 1 unspecified atom stereocenters. The van der Waals surface area contributed by atoms with Gasteiger partial charge in [-0.25, -0.2) is 0 Å². The summed E-state index contributed by atoms with van der Waals surface area (Å²) in [5, 5.41) is 11.2. The van der Waals surface area contributed by atoms with Crippen LogP contribution >= 0.6 is 0 Å². The lowest BCUT2D eigenvalue weighted by Gasteiger charge is -2.43. The molecule has 0 amide bonds. The number of para-hydroxylation sites is 2. The van der Waals surface area contributed by atoms with E-state index in [-0.39, 0.29) is 16.7 Å². The van der Waals surface area contributed by atoms with Crippen molar-refractivity contribution in [3.8, 4) is 0 Å². The molecule has 1 aliphatic heterocycles. The summed E-state index contributed by atoms with van der Waals surface area (Å²) in [6.07, 6.45) is 0. The number of nitrogens with zero attached hydrogens (tertiary/aromatic N) is 3. The number of nitro benzene ring substituents is 1. The van der Waals surface area contributed by atoms with Crippen molar-refractivity contribution >= 4 is 17.8 Å². The Kier molecular flexibility index (Phi) is 5.20. The highest BCUT2D eigenvalue weighted by Gasteiger charge is 2.31. The Morgan fingerprint density at radius 3 is 2.70 bits per heavy atom. The highest BCUT2D eigenvalue weighted by Crippen LogP contribution is 2.30. The highest BCUT2D eigenvalue weighted by atomic mass is 16.6. The Balaban J connectivity index is 2.08. The molecule has 1 fully saturated rings. The molecule has 1 aromatic rings. The number of carbonyl (C=O) groups excluding carboxylic acids is 1. The first-order chi connectivity index (χ1) is 10.8. The zero-order valence-corrected chi connectivity index (χ0v) is 13.8. The van der Waals surface area contributed by atoms with Crippen molar-refractivity contribution in [2.45, 2.75) is 32.4 Å². The lowest BCUT2D eigenvalue weighted by atomic mass is 10.1. The number of hydrogen-bond acceptors (Lipinski definition) is 6. The van der Waals surface area contributed by atoms with Gasteiger partial charge in [0, 0.05) is 38.3 Å². The van der Waals surface area contributed by atoms with Crippen LogP contribution in [-0.2, 0) is 9.53 Å². The van der Waals surface area contributed by atoms with Crippen LogP contribution in [0.1, 0.15) is 20.8 Å². The Morgan fingerprint density at radius 1 is 1.39 bits per heavy atom. The molecule has 7 heteroatoms. The number of benzene rings is 1. The van der Waals surface area contributed by atoms with E-state index in [0.29, 0.717) is 25.2 Å². The predicted molar refractivity (Wildman–Crippen MR) is 87.6 cm³/mol. The van der Waals surface area contributed by atoms with E-state index in [0.717, 1.165) is 13.1 Å². The normalized spacial score (nSPS) is 19.4. The van der Waals surface area contributed by atoms with E-state index in [9.17, 15) is 14.9 Å². The third kappa shape index (κ3) is 4.19. The molecule has 0 spiro atoms. The largest absolute Gasteiger partial charge is 0.461 e. The van der Waals surface area contributed by atoms with Crippen LogP contribution in [0, 0.1) is 10.1 Å². The first kappa shape index (κ1) is 17.2. The molecule has 1 atom stereocenters. The molecule has 23 heavy (non-hydrogen) atoms. The van der Waals surface area contributed by atoms with Crippen LogP contribution in [-0.4, -0.2) is 54.1 Å². The van der Waals surface area contributed by atoms with Gasteiger partial charge in [0.1, 0.15) is 11.3 Å². The van der Waals surface area contributed by atoms with Gasteiger partial charge in [0.2, 0.25) is 0 Å². The standard InChI is InChI=1S/C16H23N3O4/c1-13-10-17(11-16(2,3)23-12-20)8-9-18(13)14-6-4-5-7-15(14)19(21)22/h4-7,12-13H,8-11H2,1-3H3. The minimum Gasteiger partial charge on any atom is -0.461 e. The van der Waals surface area contributed by atoms with Crippen LogP contribution in [0.2, 0.25) is 0 Å². The van der Waals surface area contributed by atoms with Crippen LogP contribution in [0.4, 0.5) is 11.4 Å². The molecule has 0 N–H and O–H groups in total. The van der Waals surface area contributed by atoms with Gasteiger partial charge in [-0.15, -0.1) is 0 Å². The number of ether oxygens (including phenoxy) is 1. The Hall–Kier alpha value is -2.15. The molecule has 0 bridgehead atoms. The fourth-order valence-corrected chi connectivity index (χ4v) is 3.10. The molecule has 1 saturated heterocycles. The second-order valence-electron chi connectivity index (χ2n) is 6.50. The number of nitro groups is 1. The summed E-state index contributed by atoms with van der Waals surface area (Å²) in [6, 6.07) is 6.97. The molecule has 0 saturated carbocycles. The first-order valence-corrected chi connectivity index (χ1v) is 7.68. The summed E-state index contributed by atoms with van der Waals surface area (Å²) >= 11 is 0. The minimum absolute atomic E-state index is 0.136. The van der Waals surface area contributed by atoms with E-state index in [1.54, 1.807) is 12.1 Å². The van der Waals surface area contributed by atoms with Crippen LogP contribution < -0.4 is 4.90 Å². The fourth-order valence-electron chi connectivity index (χ4n) is 3.10. The number of rotatable bonds is 6. The van der Waals surface area contributed by atoms with Crippen molar-refractivity contribution in [3.05, 3.63) is 34.4 Å². The lowest BCUT2D eigenvalue weighted by Crippen LogP contribution is -2.55. The van der Waals surface area contributed by atoms with E-state index in [2.05, 4.69) is 16.7 Å². The van der Waals surface area contributed by atoms with Gasteiger partial charge < -0.3 is 9.64 Å². The van der Waals surface area contributed by atoms with Crippen molar-refractivity contribution in [3.63, 3.8) is 0 Å². The summed E-state index contributed by atoms with van der Waals surface area (Å²) < 4.78 is 5.10. The van der Waals surface area contributed by atoms with Crippen LogP contribution in [0.25, 0.3) is 0 Å². The summed E-state index contributed by atoms with van der Waals surface area (Å²) in [7, 11) is 0. The molecule has 7 nitrogen and oxygen atoms in total. The number of anilines is 1. The van der Waals surface area contributed by atoms with Crippen molar-refractivity contribution in [1.29, 1.82) is 0 Å². The molecule has 0 aromatic heterocycles. The van der Waals surface area contributed by atoms with Gasteiger partial charge in [0.15, 0.2) is 0 Å². The molecule has 1 aromatic carbocycles. The number of piperazine rings is 1. The summed E-state index contributed by atoms with van der Waals surface area (Å²) in [6.45, 7) is 9.15. The smallest absolute Gasteiger partial charge is 0.293 e. The second-order valence-corrected chi connectivity index (χ2v) is 6.50. The Bertz CT molecular complexity index is 576. The van der Waals surface area contributed by atoms with Crippen LogP contribution in [0.15, 0.2) is 24.3 Å². The quantitative estimate of drug-likeness (QED) is 0.453. The molecular formula is C16H23N3O4. The molecule has 0 aliphatic carbocycles. The van der Waals surface area contributed by atoms with Gasteiger partial charge in [-0.3, -0.25) is 19.8 Å². The third-order valence-corrected chi connectivity index (χ3v) is 4.07. The number of hydrogen-bond donors (Lipinski definition) is 0. The minimum atomic E-state index is -0.539. The van der Waals surface area contributed by atoms with E-state index < -0.39 is 5.60 Å². The maximum Gasteiger partial charge on any atom is 0.293 e. The molecule has 0 radical (unpaired) electrons. The monoisotopic (exact) mass is 321 g/mol. The van der Waals surface area contributed by atoms with Crippen molar-refractivity contribution in [1.82, 2.24) is 4.90 Å². The van der Waals surface area contributed by atoms with E-state index in [1.165, 1.54) is 6.07 Å². The fraction of sp³-hybridized carbons (Fsp3) is 0.562.